The van der Waals surface area contributed by atoms with Crippen molar-refractivity contribution in [1.82, 2.24) is 10.5 Å². The van der Waals surface area contributed by atoms with Gasteiger partial charge in [-0.2, -0.15) is 0 Å². The molecule has 3 rings (SSSR count). The molecule has 0 saturated carbocycles. The van der Waals surface area contributed by atoms with Crippen LogP contribution < -0.4 is 5.32 Å². The summed E-state index contributed by atoms with van der Waals surface area (Å²) in [5.74, 6) is 1.35. The van der Waals surface area contributed by atoms with Crippen molar-refractivity contribution in [2.24, 2.45) is 5.92 Å². The molecule has 0 spiro atoms. The summed E-state index contributed by atoms with van der Waals surface area (Å²) >= 11 is 1.63. The molecule has 0 radical (unpaired) electrons. The number of aromatic nitrogens is 1. The first-order chi connectivity index (χ1) is 9.24. The fraction of sp³-hybridized carbons (Fsp3) is 0.429. The number of rotatable bonds is 3. The fourth-order valence-corrected chi connectivity index (χ4v) is 3.07. The Labute approximate surface area is 115 Å². The van der Waals surface area contributed by atoms with Crippen LogP contribution in [0.15, 0.2) is 22.0 Å². The van der Waals surface area contributed by atoms with E-state index in [0.717, 1.165) is 35.5 Å². The highest BCUT2D eigenvalue weighted by Crippen LogP contribution is 2.27. The van der Waals surface area contributed by atoms with Crippen molar-refractivity contribution in [3.8, 4) is 0 Å². The highest BCUT2D eigenvalue weighted by Gasteiger charge is 2.26. The minimum absolute atomic E-state index is 0.132. The molecule has 1 aliphatic carbocycles. The van der Waals surface area contributed by atoms with Crippen molar-refractivity contribution >= 4 is 17.2 Å². The van der Waals surface area contributed by atoms with E-state index in [2.05, 4.69) is 17.4 Å². The molecular weight excluding hydrogens is 260 g/mol. The zero-order chi connectivity index (χ0) is 13.2. The summed E-state index contributed by atoms with van der Waals surface area (Å²) in [5.41, 5.74) is 1.47. The summed E-state index contributed by atoms with van der Waals surface area (Å²) in [4.78, 5) is 13.3. The summed E-state index contributed by atoms with van der Waals surface area (Å²) in [7, 11) is 0. The van der Waals surface area contributed by atoms with Gasteiger partial charge in [0.1, 0.15) is 5.76 Å². The largest absolute Gasteiger partial charge is 0.360 e. The van der Waals surface area contributed by atoms with Crippen LogP contribution in [-0.4, -0.2) is 11.1 Å². The number of nitrogens with one attached hydrogen (secondary N) is 1. The van der Waals surface area contributed by atoms with E-state index in [1.807, 2.05) is 17.5 Å². The van der Waals surface area contributed by atoms with E-state index in [1.165, 1.54) is 0 Å². The van der Waals surface area contributed by atoms with Crippen LogP contribution in [0.5, 0.6) is 0 Å². The van der Waals surface area contributed by atoms with E-state index in [1.54, 1.807) is 11.3 Å². The number of aryl methyl sites for hydroxylation is 1. The summed E-state index contributed by atoms with van der Waals surface area (Å²) < 4.78 is 5.29. The number of nitrogens with zero attached hydrogens (tertiary/aromatic N) is 1. The van der Waals surface area contributed by atoms with Gasteiger partial charge in [-0.15, -0.1) is 11.3 Å². The van der Waals surface area contributed by atoms with Gasteiger partial charge >= 0.3 is 0 Å². The van der Waals surface area contributed by atoms with Crippen molar-refractivity contribution in [1.29, 1.82) is 0 Å². The molecule has 1 aliphatic rings. The Balaban J connectivity index is 1.72. The van der Waals surface area contributed by atoms with Crippen molar-refractivity contribution in [2.75, 3.05) is 0 Å². The second kappa shape index (κ2) is 5.17. The first-order valence-corrected chi connectivity index (χ1v) is 7.40. The molecule has 0 bridgehead atoms. The molecule has 5 heteroatoms. The zero-order valence-corrected chi connectivity index (χ0v) is 11.6. The number of hydrogen-bond acceptors (Lipinski definition) is 4. The van der Waals surface area contributed by atoms with Crippen LogP contribution in [0.25, 0.3) is 0 Å². The molecule has 0 aliphatic heterocycles. The van der Waals surface area contributed by atoms with E-state index in [-0.39, 0.29) is 5.91 Å². The summed E-state index contributed by atoms with van der Waals surface area (Å²) in [6.07, 6.45) is 2.89. The number of fused-ring (bicyclic) bond motifs is 1. The average Bonchev–Trinajstić information content (AvgIpc) is 3.04. The standard InChI is InChI=1S/C14H16N2O2S/c1-9-4-5-12-11(7-9)13(16-18-12)14(17)15-8-10-3-2-6-19-10/h2-3,6,9H,4-5,7-8H2,1H3,(H,15,17)/t9-/m1/s1. The van der Waals surface area contributed by atoms with Crippen LogP contribution in [0.2, 0.25) is 0 Å². The van der Waals surface area contributed by atoms with Crippen LogP contribution in [0.1, 0.15) is 40.0 Å². The Kier molecular flexibility index (Phi) is 3.38. The average molecular weight is 276 g/mol. The number of carbonyl (C=O) groups is 1. The van der Waals surface area contributed by atoms with E-state index in [0.29, 0.717) is 18.2 Å². The molecule has 19 heavy (non-hydrogen) atoms. The fourth-order valence-electron chi connectivity index (χ4n) is 2.42. The monoisotopic (exact) mass is 276 g/mol. The molecule has 0 aromatic carbocycles. The predicted molar refractivity (Wildman–Crippen MR) is 73.2 cm³/mol. The highest BCUT2D eigenvalue weighted by atomic mass is 32.1. The lowest BCUT2D eigenvalue weighted by atomic mass is 9.88. The van der Waals surface area contributed by atoms with Crippen LogP contribution in [-0.2, 0) is 19.4 Å². The van der Waals surface area contributed by atoms with Gasteiger partial charge in [-0.25, -0.2) is 0 Å². The number of carbonyl (C=O) groups excluding carboxylic acids is 1. The lowest BCUT2D eigenvalue weighted by Gasteiger charge is -2.16. The number of thiophene rings is 1. The molecule has 4 nitrogen and oxygen atoms in total. The van der Waals surface area contributed by atoms with Crippen molar-refractivity contribution in [3.63, 3.8) is 0 Å². The molecular formula is C14H16N2O2S. The molecule has 100 valence electrons. The Morgan fingerprint density at radius 1 is 1.63 bits per heavy atom. The maximum Gasteiger partial charge on any atom is 0.274 e. The summed E-state index contributed by atoms with van der Waals surface area (Å²) in [6, 6.07) is 3.98. The quantitative estimate of drug-likeness (QED) is 0.938. The lowest BCUT2D eigenvalue weighted by Crippen LogP contribution is -2.25. The predicted octanol–water partition coefficient (Wildman–Crippen LogP) is 2.79. The van der Waals surface area contributed by atoms with Crippen molar-refractivity contribution in [3.05, 3.63) is 39.4 Å². The molecule has 2 aromatic rings. The summed E-state index contributed by atoms with van der Waals surface area (Å²) in [5, 5.41) is 8.85. The van der Waals surface area contributed by atoms with Gasteiger partial charge in [-0.3, -0.25) is 4.79 Å². The summed E-state index contributed by atoms with van der Waals surface area (Å²) in [6.45, 7) is 2.75. The number of hydrogen-bond donors (Lipinski definition) is 1. The SMILES string of the molecule is C[C@@H]1CCc2onc(C(=O)NCc3cccs3)c2C1. The molecule has 0 fully saturated rings. The van der Waals surface area contributed by atoms with Gasteiger partial charge in [-0.05, 0) is 30.2 Å². The second-order valence-corrected chi connectivity index (χ2v) is 6.08. The van der Waals surface area contributed by atoms with Gasteiger partial charge < -0.3 is 9.84 Å². The minimum atomic E-state index is -0.132. The third kappa shape index (κ3) is 2.56. The van der Waals surface area contributed by atoms with Gasteiger partial charge in [0.25, 0.3) is 5.91 Å². The van der Waals surface area contributed by atoms with E-state index in [9.17, 15) is 4.79 Å². The van der Waals surface area contributed by atoms with Crippen molar-refractivity contribution in [2.45, 2.75) is 32.7 Å². The highest BCUT2D eigenvalue weighted by molar-refractivity contribution is 7.09. The van der Waals surface area contributed by atoms with Gasteiger partial charge in [0.2, 0.25) is 0 Å². The molecule has 0 unspecified atom stereocenters. The Morgan fingerprint density at radius 3 is 3.32 bits per heavy atom. The first-order valence-electron chi connectivity index (χ1n) is 6.52. The number of amides is 1. The Morgan fingerprint density at radius 2 is 2.53 bits per heavy atom. The zero-order valence-electron chi connectivity index (χ0n) is 10.8. The molecule has 2 aromatic heterocycles. The second-order valence-electron chi connectivity index (χ2n) is 5.04. The minimum Gasteiger partial charge on any atom is -0.360 e. The van der Waals surface area contributed by atoms with Gasteiger partial charge in [0.05, 0.1) is 6.54 Å². The first kappa shape index (κ1) is 12.4. The third-order valence-corrected chi connectivity index (χ3v) is 4.38. The Bertz CT molecular complexity index is 574. The van der Waals surface area contributed by atoms with E-state index in [4.69, 9.17) is 4.52 Å². The lowest BCUT2D eigenvalue weighted by molar-refractivity contribution is 0.0941. The smallest absolute Gasteiger partial charge is 0.274 e. The molecule has 1 amide bonds. The molecule has 1 atom stereocenters. The van der Waals surface area contributed by atoms with Crippen LogP contribution in [0.3, 0.4) is 0 Å². The van der Waals surface area contributed by atoms with Gasteiger partial charge in [-0.1, -0.05) is 18.1 Å². The van der Waals surface area contributed by atoms with Crippen LogP contribution in [0.4, 0.5) is 0 Å². The maximum atomic E-state index is 12.2. The topological polar surface area (TPSA) is 55.1 Å². The third-order valence-electron chi connectivity index (χ3n) is 3.50. The molecule has 0 saturated heterocycles. The van der Waals surface area contributed by atoms with Gasteiger partial charge in [0.15, 0.2) is 5.69 Å². The van der Waals surface area contributed by atoms with Crippen LogP contribution >= 0.6 is 11.3 Å². The van der Waals surface area contributed by atoms with E-state index < -0.39 is 0 Å². The van der Waals surface area contributed by atoms with Crippen molar-refractivity contribution < 1.29 is 9.32 Å². The Hall–Kier alpha value is -1.62. The molecule has 1 N–H and O–H groups in total. The van der Waals surface area contributed by atoms with Gasteiger partial charge in [0, 0.05) is 16.9 Å². The maximum absolute atomic E-state index is 12.2. The normalized spacial score (nSPS) is 18.1. The molecule has 2 heterocycles. The van der Waals surface area contributed by atoms with Crippen LogP contribution in [0, 0.1) is 5.92 Å². The van der Waals surface area contributed by atoms with E-state index >= 15 is 0 Å².